The van der Waals surface area contributed by atoms with Crippen LogP contribution in [0.1, 0.15) is 42.1 Å². The van der Waals surface area contributed by atoms with E-state index in [2.05, 4.69) is 6.92 Å². The number of piperidine rings is 1. The zero-order chi connectivity index (χ0) is 13.0. The number of rotatable bonds is 3. The third-order valence-electron chi connectivity index (χ3n) is 3.79. The summed E-state index contributed by atoms with van der Waals surface area (Å²) >= 11 is 0. The Morgan fingerprint density at radius 1 is 1.37 bits per heavy atom. The van der Waals surface area contributed by atoms with E-state index >= 15 is 0 Å². The Bertz CT molecular complexity index is 422. The Labute approximate surface area is 121 Å². The zero-order valence-electron chi connectivity index (χ0n) is 11.5. The molecule has 1 atom stereocenters. The van der Waals surface area contributed by atoms with Gasteiger partial charge in [-0.3, -0.25) is 4.79 Å². The van der Waals surface area contributed by atoms with Crippen LogP contribution in [-0.4, -0.2) is 29.9 Å². The van der Waals surface area contributed by atoms with Crippen molar-refractivity contribution in [1.29, 1.82) is 0 Å². The van der Waals surface area contributed by atoms with Crippen LogP contribution in [0.2, 0.25) is 0 Å². The lowest BCUT2D eigenvalue weighted by molar-refractivity contribution is 0.0622. The predicted molar refractivity (Wildman–Crippen MR) is 80.8 cm³/mol. The highest BCUT2D eigenvalue weighted by molar-refractivity contribution is 5.96. The van der Waals surface area contributed by atoms with Crippen LogP contribution in [0.25, 0.3) is 0 Å². The molecule has 0 saturated carbocycles. The number of nitrogens with zero attached hydrogens (tertiary/aromatic N) is 1. The topological polar surface area (TPSA) is 46.3 Å². The van der Waals surface area contributed by atoms with Gasteiger partial charge in [-0.05, 0) is 37.3 Å². The molecule has 19 heavy (non-hydrogen) atoms. The summed E-state index contributed by atoms with van der Waals surface area (Å²) in [6.07, 6.45) is 4.21. The molecule has 3 nitrogen and oxygen atoms in total. The van der Waals surface area contributed by atoms with E-state index in [1.165, 1.54) is 6.42 Å². The molecule has 2 N–H and O–H groups in total. The molecule has 106 valence electrons. The van der Waals surface area contributed by atoms with Crippen molar-refractivity contribution in [3.63, 3.8) is 0 Å². The van der Waals surface area contributed by atoms with Gasteiger partial charge in [0.15, 0.2) is 0 Å². The Hall–Kier alpha value is -1.06. The Balaban J connectivity index is 0.00000180. The first-order chi connectivity index (χ1) is 8.77. The smallest absolute Gasteiger partial charge is 0.254 e. The molecule has 0 radical (unpaired) electrons. The second kappa shape index (κ2) is 7.51. The van der Waals surface area contributed by atoms with E-state index in [0.717, 1.165) is 36.9 Å². The molecular weight excluding hydrogens is 260 g/mol. The number of carbonyl (C=O) groups is 1. The predicted octanol–water partition coefficient (Wildman–Crippen LogP) is 2.62. The van der Waals surface area contributed by atoms with Crippen molar-refractivity contribution in [3.8, 4) is 0 Å². The van der Waals surface area contributed by atoms with Crippen molar-refractivity contribution < 1.29 is 4.79 Å². The summed E-state index contributed by atoms with van der Waals surface area (Å²) in [6.45, 7) is 3.50. The van der Waals surface area contributed by atoms with E-state index in [1.807, 2.05) is 29.2 Å². The van der Waals surface area contributed by atoms with Crippen LogP contribution in [-0.2, 0) is 6.42 Å². The largest absolute Gasteiger partial charge is 0.334 e. The molecule has 0 bridgehead atoms. The fraction of sp³-hybridized carbons (Fsp3) is 0.533. The van der Waals surface area contributed by atoms with Gasteiger partial charge in [-0.25, -0.2) is 0 Å². The lowest BCUT2D eigenvalue weighted by Crippen LogP contribution is -2.47. The second-order valence-corrected chi connectivity index (χ2v) is 4.89. The Morgan fingerprint density at radius 2 is 2.11 bits per heavy atom. The average molecular weight is 283 g/mol. The highest BCUT2D eigenvalue weighted by atomic mass is 35.5. The quantitative estimate of drug-likeness (QED) is 0.926. The van der Waals surface area contributed by atoms with Crippen molar-refractivity contribution >= 4 is 18.3 Å². The van der Waals surface area contributed by atoms with Gasteiger partial charge in [0.1, 0.15) is 0 Å². The van der Waals surface area contributed by atoms with Crippen LogP contribution in [0.4, 0.5) is 0 Å². The molecule has 2 rings (SSSR count). The monoisotopic (exact) mass is 282 g/mol. The molecule has 1 amide bonds. The first-order valence-electron chi connectivity index (χ1n) is 6.86. The number of benzene rings is 1. The van der Waals surface area contributed by atoms with E-state index in [0.29, 0.717) is 6.54 Å². The van der Waals surface area contributed by atoms with E-state index in [9.17, 15) is 4.79 Å². The maximum atomic E-state index is 12.6. The van der Waals surface area contributed by atoms with Crippen LogP contribution in [0.15, 0.2) is 24.3 Å². The van der Waals surface area contributed by atoms with Gasteiger partial charge in [0.2, 0.25) is 0 Å². The van der Waals surface area contributed by atoms with Crippen molar-refractivity contribution in [2.75, 3.05) is 13.1 Å². The number of hydrogen-bond acceptors (Lipinski definition) is 2. The van der Waals surface area contributed by atoms with Crippen molar-refractivity contribution in [1.82, 2.24) is 4.90 Å². The van der Waals surface area contributed by atoms with Gasteiger partial charge in [0.25, 0.3) is 5.91 Å². The van der Waals surface area contributed by atoms with Gasteiger partial charge < -0.3 is 10.6 Å². The SMILES string of the molecule is CCc1ccccc1C(=O)N1CCCCC1CN.Cl. The summed E-state index contributed by atoms with van der Waals surface area (Å²) < 4.78 is 0. The molecule has 1 unspecified atom stereocenters. The minimum absolute atomic E-state index is 0. The molecule has 0 aliphatic carbocycles. The fourth-order valence-corrected chi connectivity index (χ4v) is 2.70. The molecule has 1 aromatic rings. The summed E-state index contributed by atoms with van der Waals surface area (Å²) in [4.78, 5) is 14.6. The van der Waals surface area contributed by atoms with Gasteiger partial charge in [-0.2, -0.15) is 0 Å². The number of likely N-dealkylation sites (tertiary alicyclic amines) is 1. The van der Waals surface area contributed by atoms with Crippen molar-refractivity contribution in [2.45, 2.75) is 38.6 Å². The maximum absolute atomic E-state index is 12.6. The van der Waals surface area contributed by atoms with E-state index < -0.39 is 0 Å². The highest BCUT2D eigenvalue weighted by Gasteiger charge is 2.27. The van der Waals surface area contributed by atoms with Gasteiger partial charge in [0, 0.05) is 24.7 Å². The highest BCUT2D eigenvalue weighted by Crippen LogP contribution is 2.20. The van der Waals surface area contributed by atoms with E-state index in [1.54, 1.807) is 0 Å². The minimum atomic E-state index is 0. The standard InChI is InChI=1S/C15H22N2O.ClH/c1-2-12-7-3-4-9-14(12)15(18)17-10-6-5-8-13(17)11-16;/h3-4,7,9,13H,2,5-6,8,10-11,16H2,1H3;1H. The number of carbonyl (C=O) groups excluding carboxylic acids is 1. The maximum Gasteiger partial charge on any atom is 0.254 e. The average Bonchev–Trinajstić information content (AvgIpc) is 2.46. The van der Waals surface area contributed by atoms with Crippen LogP contribution in [0, 0.1) is 0 Å². The molecule has 4 heteroatoms. The summed E-state index contributed by atoms with van der Waals surface area (Å²) in [5, 5.41) is 0. The van der Waals surface area contributed by atoms with Crippen LogP contribution < -0.4 is 5.73 Å². The second-order valence-electron chi connectivity index (χ2n) is 4.89. The van der Waals surface area contributed by atoms with Gasteiger partial charge in [-0.1, -0.05) is 25.1 Å². The molecular formula is C15H23ClN2O. The van der Waals surface area contributed by atoms with Gasteiger partial charge in [-0.15, -0.1) is 12.4 Å². The number of nitrogens with two attached hydrogens (primary N) is 1. The van der Waals surface area contributed by atoms with Gasteiger partial charge >= 0.3 is 0 Å². The van der Waals surface area contributed by atoms with Crippen molar-refractivity contribution in [3.05, 3.63) is 35.4 Å². The number of amides is 1. The molecule has 1 heterocycles. The molecule has 0 aromatic heterocycles. The molecule has 1 aliphatic rings. The normalized spacial score (nSPS) is 18.8. The summed E-state index contributed by atoms with van der Waals surface area (Å²) in [6, 6.07) is 8.12. The van der Waals surface area contributed by atoms with Crippen LogP contribution in [0.5, 0.6) is 0 Å². The third-order valence-corrected chi connectivity index (χ3v) is 3.79. The Kier molecular flexibility index (Phi) is 6.32. The molecule has 1 saturated heterocycles. The first kappa shape index (κ1) is 16.0. The van der Waals surface area contributed by atoms with Crippen LogP contribution in [0.3, 0.4) is 0 Å². The molecule has 1 fully saturated rings. The molecule has 1 aliphatic heterocycles. The number of aryl methyl sites for hydroxylation is 1. The molecule has 0 spiro atoms. The lowest BCUT2D eigenvalue weighted by Gasteiger charge is -2.35. The summed E-state index contributed by atoms with van der Waals surface area (Å²) in [7, 11) is 0. The number of halogens is 1. The lowest BCUT2D eigenvalue weighted by atomic mass is 9.98. The zero-order valence-corrected chi connectivity index (χ0v) is 12.3. The molecule has 1 aromatic carbocycles. The Morgan fingerprint density at radius 3 is 2.79 bits per heavy atom. The third kappa shape index (κ3) is 3.48. The van der Waals surface area contributed by atoms with Crippen LogP contribution >= 0.6 is 12.4 Å². The fourth-order valence-electron chi connectivity index (χ4n) is 2.70. The summed E-state index contributed by atoms with van der Waals surface area (Å²) in [5.74, 6) is 0.155. The van der Waals surface area contributed by atoms with Gasteiger partial charge in [0.05, 0.1) is 0 Å². The van der Waals surface area contributed by atoms with Crippen molar-refractivity contribution in [2.24, 2.45) is 5.73 Å². The van der Waals surface area contributed by atoms with E-state index in [-0.39, 0.29) is 24.4 Å². The van der Waals surface area contributed by atoms with E-state index in [4.69, 9.17) is 5.73 Å². The summed E-state index contributed by atoms with van der Waals surface area (Å²) in [5.41, 5.74) is 7.76. The first-order valence-corrected chi connectivity index (χ1v) is 6.86. The number of hydrogen-bond donors (Lipinski definition) is 1. The minimum Gasteiger partial charge on any atom is -0.334 e.